The molecule has 6 nitrogen and oxygen atoms in total. The highest BCUT2D eigenvalue weighted by molar-refractivity contribution is 8.00. The predicted octanol–water partition coefficient (Wildman–Crippen LogP) is 1.71. The van der Waals surface area contributed by atoms with Crippen LogP contribution in [-0.4, -0.2) is 39.1 Å². The number of carboxylic acid groups (broad SMARTS) is 1. The van der Waals surface area contributed by atoms with Crippen LogP contribution >= 0.6 is 23.1 Å². The Morgan fingerprint density at radius 2 is 2.42 bits per heavy atom. The number of hydrogen-bond acceptors (Lipinski definition) is 7. The largest absolute Gasteiger partial charge is 0.481 e. The van der Waals surface area contributed by atoms with Gasteiger partial charge in [0.25, 0.3) is 11.1 Å². The van der Waals surface area contributed by atoms with Gasteiger partial charge in [-0.25, -0.2) is 0 Å². The number of nitrogens with one attached hydrogen (secondary N) is 1. The Hall–Kier alpha value is -1.38. The summed E-state index contributed by atoms with van der Waals surface area (Å²) in [6.45, 7) is 1.28. The Balaban J connectivity index is 1.75. The summed E-state index contributed by atoms with van der Waals surface area (Å²) in [7, 11) is 0. The number of aromatic nitrogens is 2. The highest BCUT2D eigenvalue weighted by atomic mass is 32.2. The van der Waals surface area contributed by atoms with E-state index in [0.717, 1.165) is 4.88 Å². The Kier molecular flexibility index (Phi) is 3.29. The Morgan fingerprint density at radius 3 is 3.00 bits per heavy atom. The second kappa shape index (κ2) is 4.95. The number of aliphatic carboxylic acids is 1. The molecular weight excluding hydrogens is 286 g/mol. The van der Waals surface area contributed by atoms with Gasteiger partial charge in [-0.1, -0.05) is 17.8 Å². The van der Waals surface area contributed by atoms with Gasteiger partial charge in [-0.15, -0.1) is 21.5 Å². The van der Waals surface area contributed by atoms with Crippen molar-refractivity contribution in [2.45, 2.75) is 16.4 Å². The first-order valence-corrected chi connectivity index (χ1v) is 7.35. The zero-order valence-electron chi connectivity index (χ0n) is 9.83. The summed E-state index contributed by atoms with van der Waals surface area (Å²) in [6.07, 6.45) is 0.0847. The number of thiophene rings is 1. The van der Waals surface area contributed by atoms with E-state index >= 15 is 0 Å². The van der Waals surface area contributed by atoms with E-state index in [2.05, 4.69) is 15.5 Å². The van der Waals surface area contributed by atoms with Crippen LogP contribution in [0.2, 0.25) is 0 Å². The minimum absolute atomic E-state index is 0.0847. The maximum absolute atomic E-state index is 10.9. The molecule has 0 radical (unpaired) electrons. The lowest BCUT2D eigenvalue weighted by molar-refractivity contribution is -0.138. The van der Waals surface area contributed by atoms with E-state index in [1.54, 1.807) is 0 Å². The van der Waals surface area contributed by atoms with Crippen molar-refractivity contribution in [2.24, 2.45) is 0 Å². The molecule has 8 heteroatoms. The lowest BCUT2D eigenvalue weighted by Crippen LogP contribution is -2.57. The van der Waals surface area contributed by atoms with E-state index in [0.29, 0.717) is 24.2 Å². The third-order valence-corrected chi connectivity index (χ3v) is 4.87. The number of carboxylic acids is 1. The van der Waals surface area contributed by atoms with Crippen molar-refractivity contribution < 1.29 is 14.3 Å². The van der Waals surface area contributed by atoms with Crippen LogP contribution in [0, 0.1) is 0 Å². The summed E-state index contributed by atoms with van der Waals surface area (Å²) in [5.41, 5.74) is 0. The molecule has 0 bridgehead atoms. The van der Waals surface area contributed by atoms with Crippen LogP contribution in [0.1, 0.15) is 6.42 Å². The van der Waals surface area contributed by atoms with Crippen molar-refractivity contribution in [3.05, 3.63) is 17.5 Å². The average Bonchev–Trinajstić information content (AvgIpc) is 2.95. The first-order chi connectivity index (χ1) is 9.17. The Bertz CT molecular complexity index is 578. The molecule has 0 amide bonds. The van der Waals surface area contributed by atoms with Crippen LogP contribution in [0.5, 0.6) is 0 Å². The molecule has 2 aromatic heterocycles. The highest BCUT2D eigenvalue weighted by Crippen LogP contribution is 2.39. The molecule has 3 rings (SSSR count). The van der Waals surface area contributed by atoms with Gasteiger partial charge in [-0.3, -0.25) is 4.79 Å². The molecule has 1 fully saturated rings. The summed E-state index contributed by atoms with van der Waals surface area (Å²) in [4.78, 5) is 11.8. The number of rotatable bonds is 5. The number of hydrogen-bond donors (Lipinski definition) is 2. The van der Waals surface area contributed by atoms with Gasteiger partial charge in [-0.05, 0) is 11.4 Å². The summed E-state index contributed by atoms with van der Waals surface area (Å²) >= 11 is 2.87. The maximum atomic E-state index is 10.9. The molecule has 1 aliphatic heterocycles. The van der Waals surface area contributed by atoms with E-state index < -0.39 is 5.97 Å². The third-order valence-electron chi connectivity index (χ3n) is 2.81. The fourth-order valence-corrected chi connectivity index (χ4v) is 3.61. The lowest BCUT2D eigenvalue weighted by atomic mass is 9.98. The summed E-state index contributed by atoms with van der Waals surface area (Å²) in [6, 6.07) is 3.82. The quantitative estimate of drug-likeness (QED) is 0.868. The number of carbonyl (C=O) groups is 1. The molecule has 0 aromatic carbocycles. The van der Waals surface area contributed by atoms with Crippen molar-refractivity contribution in [1.29, 1.82) is 0 Å². The average molecular weight is 297 g/mol. The third kappa shape index (κ3) is 2.65. The SMILES string of the molecule is O=C(O)CC1(Sc2nnc(-c3cccs3)o2)CNC1. The van der Waals surface area contributed by atoms with Gasteiger partial charge in [0.05, 0.1) is 16.0 Å². The second-order valence-electron chi connectivity index (χ2n) is 4.31. The van der Waals surface area contributed by atoms with Gasteiger partial charge in [-0.2, -0.15) is 0 Å². The lowest BCUT2D eigenvalue weighted by Gasteiger charge is -2.39. The van der Waals surface area contributed by atoms with Crippen molar-refractivity contribution in [3.63, 3.8) is 0 Å². The summed E-state index contributed by atoms with van der Waals surface area (Å²) in [5.74, 6) is -0.331. The highest BCUT2D eigenvalue weighted by Gasteiger charge is 2.41. The van der Waals surface area contributed by atoms with Crippen molar-refractivity contribution in [2.75, 3.05) is 13.1 Å². The van der Waals surface area contributed by atoms with Crippen molar-refractivity contribution >= 4 is 29.1 Å². The topological polar surface area (TPSA) is 88.2 Å². The van der Waals surface area contributed by atoms with E-state index in [-0.39, 0.29) is 11.2 Å². The second-order valence-corrected chi connectivity index (χ2v) is 6.68. The van der Waals surface area contributed by atoms with E-state index in [9.17, 15) is 4.79 Å². The zero-order valence-corrected chi connectivity index (χ0v) is 11.5. The molecular formula is C11H11N3O3S2. The number of nitrogens with zero attached hydrogens (tertiary/aromatic N) is 2. The molecule has 1 aliphatic rings. The molecule has 0 spiro atoms. The van der Waals surface area contributed by atoms with E-state index in [4.69, 9.17) is 9.52 Å². The molecule has 3 heterocycles. The van der Waals surface area contributed by atoms with Crippen LogP contribution in [0.15, 0.2) is 27.2 Å². The summed E-state index contributed by atoms with van der Waals surface area (Å²) < 4.78 is 5.20. The van der Waals surface area contributed by atoms with Gasteiger partial charge in [0, 0.05) is 13.1 Å². The first-order valence-electron chi connectivity index (χ1n) is 5.66. The van der Waals surface area contributed by atoms with Crippen LogP contribution in [-0.2, 0) is 4.79 Å². The minimum atomic E-state index is -0.813. The molecule has 100 valence electrons. The molecule has 0 saturated carbocycles. The van der Waals surface area contributed by atoms with Crippen LogP contribution < -0.4 is 5.32 Å². The normalized spacial score (nSPS) is 17.1. The minimum Gasteiger partial charge on any atom is -0.481 e. The number of thioether (sulfide) groups is 1. The first kappa shape index (κ1) is 12.6. The fourth-order valence-electron chi connectivity index (χ4n) is 1.85. The standard InChI is InChI=1S/C11H11N3O3S2/c15-8(16)4-11(5-12-6-11)19-10-14-13-9(17-10)7-2-1-3-18-7/h1-3,12H,4-6H2,(H,15,16). The molecule has 2 N–H and O–H groups in total. The molecule has 2 aromatic rings. The van der Waals surface area contributed by atoms with E-state index in [1.807, 2.05) is 17.5 Å². The zero-order chi connectivity index (χ0) is 13.3. The Morgan fingerprint density at radius 1 is 1.58 bits per heavy atom. The van der Waals surface area contributed by atoms with Gasteiger partial charge < -0.3 is 14.8 Å². The van der Waals surface area contributed by atoms with Gasteiger partial charge >= 0.3 is 5.97 Å². The van der Waals surface area contributed by atoms with Crippen molar-refractivity contribution in [1.82, 2.24) is 15.5 Å². The molecule has 1 saturated heterocycles. The van der Waals surface area contributed by atoms with Gasteiger partial charge in [0.15, 0.2) is 0 Å². The predicted molar refractivity (Wildman–Crippen MR) is 71.3 cm³/mol. The van der Waals surface area contributed by atoms with Crippen LogP contribution in [0.4, 0.5) is 0 Å². The smallest absolute Gasteiger partial charge is 0.304 e. The summed E-state index contributed by atoms with van der Waals surface area (Å²) in [5, 5.41) is 22.4. The molecule has 0 atom stereocenters. The Labute approximate surface area is 117 Å². The van der Waals surface area contributed by atoms with Gasteiger partial charge in [0.2, 0.25) is 0 Å². The molecule has 19 heavy (non-hydrogen) atoms. The van der Waals surface area contributed by atoms with Crippen molar-refractivity contribution in [3.8, 4) is 10.8 Å². The van der Waals surface area contributed by atoms with Crippen LogP contribution in [0.25, 0.3) is 10.8 Å². The maximum Gasteiger partial charge on any atom is 0.304 e. The molecule has 0 aliphatic carbocycles. The van der Waals surface area contributed by atoms with Crippen LogP contribution in [0.3, 0.4) is 0 Å². The molecule has 0 unspecified atom stereocenters. The fraction of sp³-hybridized carbons (Fsp3) is 0.364. The van der Waals surface area contributed by atoms with Gasteiger partial charge in [0.1, 0.15) is 0 Å². The van der Waals surface area contributed by atoms with E-state index in [1.165, 1.54) is 23.1 Å². The monoisotopic (exact) mass is 297 g/mol.